The van der Waals surface area contributed by atoms with Crippen molar-refractivity contribution in [3.05, 3.63) is 34.3 Å². The number of rotatable bonds is 6. The molecule has 0 aromatic heterocycles. The Bertz CT molecular complexity index is 659. The number of halogens is 1. The Kier molecular flexibility index (Phi) is 7.03. The summed E-state index contributed by atoms with van der Waals surface area (Å²) in [6.07, 6.45) is 1.16. The molecular weight excluding hydrogens is 380 g/mol. The van der Waals surface area contributed by atoms with Crippen molar-refractivity contribution in [3.8, 4) is 0 Å². The highest BCUT2D eigenvalue weighted by Gasteiger charge is 2.23. The van der Waals surface area contributed by atoms with E-state index in [9.17, 15) is 8.42 Å². The molecule has 0 spiro atoms. The van der Waals surface area contributed by atoms with Crippen LogP contribution in [0.4, 0.5) is 0 Å². The maximum atomic E-state index is 11.4. The van der Waals surface area contributed by atoms with Crippen molar-refractivity contribution in [1.82, 2.24) is 14.9 Å². The Morgan fingerprint density at radius 2 is 1.96 bits per heavy atom. The zero-order valence-electron chi connectivity index (χ0n) is 14.2. The number of hydrogen-bond acceptors (Lipinski definition) is 3. The van der Waals surface area contributed by atoms with Gasteiger partial charge < -0.3 is 10.2 Å². The number of sulfonamides is 1. The molecule has 1 aromatic carbocycles. The molecule has 0 heterocycles. The highest BCUT2D eigenvalue weighted by molar-refractivity contribution is 9.10. The topological polar surface area (TPSA) is 73.8 Å². The van der Waals surface area contributed by atoms with E-state index in [1.165, 1.54) is 0 Å². The lowest BCUT2D eigenvalue weighted by molar-refractivity contribution is 0.422. The minimum atomic E-state index is -3.26. The largest absolute Gasteiger partial charge is 0.354 e. The van der Waals surface area contributed by atoms with Gasteiger partial charge >= 0.3 is 0 Å². The van der Waals surface area contributed by atoms with Gasteiger partial charge in [0.2, 0.25) is 10.0 Å². The summed E-state index contributed by atoms with van der Waals surface area (Å²) in [5.74, 6) is 0.698. The highest BCUT2D eigenvalue weighted by Crippen LogP contribution is 2.17. The van der Waals surface area contributed by atoms with E-state index < -0.39 is 15.6 Å². The molecule has 23 heavy (non-hydrogen) atoms. The van der Waals surface area contributed by atoms with Gasteiger partial charge in [-0.15, -0.1) is 0 Å². The molecule has 0 unspecified atom stereocenters. The predicted molar refractivity (Wildman–Crippen MR) is 99.0 cm³/mol. The number of nitrogens with one attached hydrogen (secondary N) is 2. The van der Waals surface area contributed by atoms with Crippen molar-refractivity contribution in [2.75, 3.05) is 26.9 Å². The van der Waals surface area contributed by atoms with Gasteiger partial charge in [-0.3, -0.25) is 4.99 Å². The summed E-state index contributed by atoms with van der Waals surface area (Å²) in [5, 5.41) is 3.21. The number of nitrogens with zero attached hydrogens (tertiary/aromatic N) is 2. The molecule has 0 saturated carbocycles. The van der Waals surface area contributed by atoms with Gasteiger partial charge in [0.15, 0.2) is 5.96 Å². The molecule has 0 aliphatic carbocycles. The molecule has 0 aliphatic rings. The maximum absolute atomic E-state index is 11.4. The van der Waals surface area contributed by atoms with E-state index in [2.05, 4.69) is 31.0 Å². The fourth-order valence-electron chi connectivity index (χ4n) is 2.18. The number of hydrogen-bond donors (Lipinski definition) is 2. The summed E-state index contributed by atoms with van der Waals surface area (Å²) in [4.78, 5) is 6.24. The molecule has 1 rings (SSSR count). The standard InChI is InChI=1S/C15H25BrN4O2S/c1-15(2,19-23(5,21)22)11-18-14(17-3)20(4)10-12-8-6-7-9-13(12)16/h6-9,19H,10-11H2,1-5H3,(H,17,18). The molecule has 2 N–H and O–H groups in total. The second-order valence-electron chi connectivity index (χ2n) is 6.11. The minimum absolute atomic E-state index is 0.424. The van der Waals surface area contributed by atoms with Crippen LogP contribution in [0.3, 0.4) is 0 Å². The third-order valence-electron chi connectivity index (χ3n) is 3.09. The quantitative estimate of drug-likeness (QED) is 0.559. The zero-order valence-corrected chi connectivity index (χ0v) is 16.6. The molecule has 0 fully saturated rings. The van der Waals surface area contributed by atoms with Crippen molar-refractivity contribution in [2.24, 2.45) is 4.99 Å². The Balaban J connectivity index is 2.69. The predicted octanol–water partition coefficient (Wildman–Crippen LogP) is 1.78. The van der Waals surface area contributed by atoms with E-state index in [4.69, 9.17) is 0 Å². The van der Waals surface area contributed by atoms with Crippen LogP contribution in [-0.2, 0) is 16.6 Å². The average molecular weight is 405 g/mol. The summed E-state index contributed by atoms with van der Waals surface area (Å²) in [6.45, 7) is 4.75. The smallest absolute Gasteiger partial charge is 0.209 e. The molecular formula is C15H25BrN4O2S. The lowest BCUT2D eigenvalue weighted by Crippen LogP contribution is -2.53. The van der Waals surface area contributed by atoms with Gasteiger partial charge in [0.1, 0.15) is 0 Å². The van der Waals surface area contributed by atoms with Gasteiger partial charge in [-0.25, -0.2) is 13.1 Å². The van der Waals surface area contributed by atoms with Crippen LogP contribution in [0.15, 0.2) is 33.7 Å². The van der Waals surface area contributed by atoms with Gasteiger partial charge in [0.05, 0.1) is 6.26 Å². The summed E-state index contributed by atoms with van der Waals surface area (Å²) in [5.41, 5.74) is 0.531. The fourth-order valence-corrected chi connectivity index (χ4v) is 3.67. The summed E-state index contributed by atoms with van der Waals surface area (Å²) >= 11 is 3.54. The zero-order chi connectivity index (χ0) is 17.7. The Labute approximate surface area is 147 Å². The first-order chi connectivity index (χ1) is 10.5. The van der Waals surface area contributed by atoms with Gasteiger partial charge in [0.25, 0.3) is 0 Å². The van der Waals surface area contributed by atoms with E-state index in [1.807, 2.05) is 50.1 Å². The van der Waals surface area contributed by atoms with Crippen molar-refractivity contribution >= 4 is 31.9 Å². The summed E-state index contributed by atoms with van der Waals surface area (Å²) in [7, 11) is 0.380. The summed E-state index contributed by atoms with van der Waals surface area (Å²) < 4.78 is 26.4. The van der Waals surface area contributed by atoms with Crippen LogP contribution >= 0.6 is 15.9 Å². The normalized spacial score (nSPS) is 13.0. The molecule has 0 radical (unpaired) electrons. The molecule has 6 nitrogen and oxygen atoms in total. The van der Waals surface area contributed by atoms with E-state index in [0.717, 1.165) is 16.3 Å². The van der Waals surface area contributed by atoms with Crippen LogP contribution in [0.2, 0.25) is 0 Å². The maximum Gasteiger partial charge on any atom is 0.209 e. The number of guanidine groups is 1. The molecule has 1 aromatic rings. The van der Waals surface area contributed by atoms with Crippen molar-refractivity contribution in [2.45, 2.75) is 25.9 Å². The van der Waals surface area contributed by atoms with Gasteiger partial charge in [-0.2, -0.15) is 0 Å². The summed E-state index contributed by atoms with van der Waals surface area (Å²) in [6, 6.07) is 8.00. The lowest BCUT2D eigenvalue weighted by atomic mass is 10.1. The SMILES string of the molecule is CN=C(NCC(C)(C)NS(C)(=O)=O)N(C)Cc1ccccc1Br. The van der Waals surface area contributed by atoms with Crippen LogP contribution in [0.25, 0.3) is 0 Å². The first-order valence-electron chi connectivity index (χ1n) is 7.18. The van der Waals surface area contributed by atoms with Crippen molar-refractivity contribution < 1.29 is 8.42 Å². The first-order valence-corrected chi connectivity index (χ1v) is 9.86. The van der Waals surface area contributed by atoms with E-state index in [1.54, 1.807) is 7.05 Å². The van der Waals surface area contributed by atoms with E-state index in [-0.39, 0.29) is 0 Å². The van der Waals surface area contributed by atoms with E-state index >= 15 is 0 Å². The molecule has 0 saturated heterocycles. The lowest BCUT2D eigenvalue weighted by Gasteiger charge is -2.29. The third kappa shape index (κ3) is 7.32. The molecule has 0 bridgehead atoms. The van der Waals surface area contributed by atoms with E-state index in [0.29, 0.717) is 19.0 Å². The molecule has 0 amide bonds. The van der Waals surface area contributed by atoms with Crippen LogP contribution in [0.5, 0.6) is 0 Å². The first kappa shape index (κ1) is 19.9. The van der Waals surface area contributed by atoms with Gasteiger partial charge in [0, 0.05) is 37.2 Å². The third-order valence-corrected chi connectivity index (χ3v) is 4.79. The Morgan fingerprint density at radius 1 is 1.35 bits per heavy atom. The number of benzene rings is 1. The average Bonchev–Trinajstić information content (AvgIpc) is 2.39. The van der Waals surface area contributed by atoms with Crippen molar-refractivity contribution in [3.63, 3.8) is 0 Å². The number of aliphatic imine (C=N–C) groups is 1. The van der Waals surface area contributed by atoms with Gasteiger partial charge in [-0.05, 0) is 25.5 Å². The molecule has 0 aliphatic heterocycles. The Hall–Kier alpha value is -1.12. The molecule has 130 valence electrons. The van der Waals surface area contributed by atoms with Gasteiger partial charge in [-0.1, -0.05) is 34.1 Å². The molecule has 8 heteroatoms. The van der Waals surface area contributed by atoms with Crippen LogP contribution < -0.4 is 10.0 Å². The van der Waals surface area contributed by atoms with Crippen molar-refractivity contribution in [1.29, 1.82) is 0 Å². The van der Waals surface area contributed by atoms with Crippen LogP contribution in [-0.4, -0.2) is 51.7 Å². The monoisotopic (exact) mass is 404 g/mol. The molecule has 0 atom stereocenters. The minimum Gasteiger partial charge on any atom is -0.354 e. The Morgan fingerprint density at radius 3 is 2.48 bits per heavy atom. The van der Waals surface area contributed by atoms with Crippen LogP contribution in [0.1, 0.15) is 19.4 Å². The second kappa shape index (κ2) is 8.12. The fraction of sp³-hybridized carbons (Fsp3) is 0.533. The van der Waals surface area contributed by atoms with Crippen LogP contribution in [0, 0.1) is 0 Å². The second-order valence-corrected chi connectivity index (χ2v) is 8.71. The highest BCUT2D eigenvalue weighted by atomic mass is 79.9.